The van der Waals surface area contributed by atoms with Crippen LogP contribution >= 0.6 is 24.8 Å². The lowest BCUT2D eigenvalue weighted by molar-refractivity contribution is -0.145. The summed E-state index contributed by atoms with van der Waals surface area (Å²) in [6.07, 6.45) is 2.21. The van der Waals surface area contributed by atoms with Gasteiger partial charge in [-0.1, -0.05) is 19.1 Å². The number of hydrogen-bond acceptors (Lipinski definition) is 6. The van der Waals surface area contributed by atoms with Gasteiger partial charge in [0.15, 0.2) is 5.78 Å². The average molecular weight is 583 g/mol. The average Bonchev–Trinajstić information content (AvgIpc) is 3.29. The number of rotatable bonds is 10. The number of carbonyl (C=O) groups is 3. The molecule has 214 valence electrons. The van der Waals surface area contributed by atoms with E-state index in [0.717, 1.165) is 41.6 Å². The first-order valence-electron chi connectivity index (χ1n) is 12.9. The number of carbonyl (C=O) groups excluding carboxylic acids is 3. The van der Waals surface area contributed by atoms with E-state index in [9.17, 15) is 18.8 Å². The number of benzene rings is 2. The van der Waals surface area contributed by atoms with Crippen molar-refractivity contribution in [3.05, 3.63) is 64.0 Å². The Balaban J connectivity index is 0.00000267. The summed E-state index contributed by atoms with van der Waals surface area (Å²) < 4.78 is 13.7. The Morgan fingerprint density at radius 2 is 1.74 bits per heavy atom. The van der Waals surface area contributed by atoms with Gasteiger partial charge in [-0.05, 0) is 66.8 Å². The number of aryl methyl sites for hydroxylation is 2. The van der Waals surface area contributed by atoms with E-state index >= 15 is 0 Å². The Kier molecular flexibility index (Phi) is 12.2. The summed E-state index contributed by atoms with van der Waals surface area (Å²) >= 11 is 0. The van der Waals surface area contributed by atoms with E-state index in [1.165, 1.54) is 12.1 Å². The molecule has 0 atom stereocenters. The number of nitrogens with zero attached hydrogens (tertiary/aromatic N) is 3. The van der Waals surface area contributed by atoms with Crippen LogP contribution in [-0.4, -0.2) is 67.4 Å². The Labute approximate surface area is 242 Å². The molecule has 0 unspecified atom stereocenters. The largest absolute Gasteiger partial charge is 0.353 e. The van der Waals surface area contributed by atoms with E-state index in [4.69, 9.17) is 0 Å². The van der Waals surface area contributed by atoms with E-state index in [2.05, 4.69) is 10.6 Å². The van der Waals surface area contributed by atoms with Gasteiger partial charge in [-0.2, -0.15) is 0 Å². The van der Waals surface area contributed by atoms with E-state index < -0.39 is 0 Å². The summed E-state index contributed by atoms with van der Waals surface area (Å²) in [4.78, 5) is 40.6. The molecule has 2 amide bonds. The fourth-order valence-electron chi connectivity index (χ4n) is 5.04. The molecule has 0 bridgehead atoms. The quantitative estimate of drug-likeness (QED) is 0.418. The van der Waals surface area contributed by atoms with Gasteiger partial charge in [0.1, 0.15) is 5.82 Å². The molecule has 4 rings (SSSR count). The van der Waals surface area contributed by atoms with Crippen LogP contribution in [0, 0.1) is 12.7 Å². The van der Waals surface area contributed by atoms with Gasteiger partial charge in [0.25, 0.3) is 5.91 Å². The molecular weight excluding hydrogens is 544 g/mol. The fourth-order valence-corrected chi connectivity index (χ4v) is 5.04. The molecule has 2 aromatic rings. The highest BCUT2D eigenvalue weighted by molar-refractivity contribution is 6.00. The van der Waals surface area contributed by atoms with Crippen molar-refractivity contribution in [1.29, 1.82) is 0 Å². The second kappa shape index (κ2) is 14.6. The molecule has 2 N–H and O–H groups in total. The van der Waals surface area contributed by atoms with Gasteiger partial charge < -0.3 is 15.5 Å². The molecule has 1 heterocycles. The van der Waals surface area contributed by atoms with E-state index in [1.807, 2.05) is 31.0 Å². The van der Waals surface area contributed by atoms with Crippen molar-refractivity contribution in [3.63, 3.8) is 0 Å². The van der Waals surface area contributed by atoms with Crippen molar-refractivity contribution < 1.29 is 18.8 Å². The third kappa shape index (κ3) is 7.91. The third-order valence-electron chi connectivity index (χ3n) is 7.11. The molecule has 0 saturated heterocycles. The van der Waals surface area contributed by atoms with E-state index in [0.29, 0.717) is 43.9 Å². The van der Waals surface area contributed by atoms with Crippen LogP contribution in [0.3, 0.4) is 0 Å². The van der Waals surface area contributed by atoms with Crippen LogP contribution in [0.15, 0.2) is 30.3 Å². The van der Waals surface area contributed by atoms with Crippen LogP contribution in [0.2, 0.25) is 0 Å². The molecule has 0 spiro atoms. The summed E-state index contributed by atoms with van der Waals surface area (Å²) in [6, 6.07) is 8.55. The van der Waals surface area contributed by atoms with Crippen molar-refractivity contribution in [2.75, 3.05) is 44.7 Å². The molecular formula is C28H38Cl2FN5O3. The van der Waals surface area contributed by atoms with E-state index in [-0.39, 0.29) is 61.3 Å². The van der Waals surface area contributed by atoms with Crippen molar-refractivity contribution in [1.82, 2.24) is 20.7 Å². The number of anilines is 1. The molecule has 1 aliphatic heterocycles. The molecule has 0 saturated carbocycles. The van der Waals surface area contributed by atoms with Crippen molar-refractivity contribution >= 4 is 48.1 Å². The van der Waals surface area contributed by atoms with Gasteiger partial charge in [-0.3, -0.25) is 19.4 Å². The third-order valence-corrected chi connectivity index (χ3v) is 7.11. The van der Waals surface area contributed by atoms with Crippen LogP contribution < -0.4 is 15.5 Å². The molecule has 0 fully saturated rings. The number of nitrogens with one attached hydrogen (secondary N) is 2. The number of amides is 2. The monoisotopic (exact) mass is 581 g/mol. The number of ketones is 1. The molecule has 2 aromatic carbocycles. The normalized spacial score (nSPS) is 14.0. The molecule has 11 heteroatoms. The summed E-state index contributed by atoms with van der Waals surface area (Å²) in [6.45, 7) is 6.81. The molecule has 8 nitrogen and oxygen atoms in total. The predicted molar refractivity (Wildman–Crippen MR) is 155 cm³/mol. The Bertz CT molecular complexity index is 1200. The van der Waals surface area contributed by atoms with Gasteiger partial charge in [0.05, 0.1) is 13.1 Å². The van der Waals surface area contributed by atoms with Gasteiger partial charge in [0, 0.05) is 50.9 Å². The number of Topliss-reactive ketones (excluding diaryl/α,β-unsaturated/α-hetero) is 1. The lowest BCUT2D eigenvalue weighted by Crippen LogP contribution is -2.48. The van der Waals surface area contributed by atoms with Gasteiger partial charge >= 0.3 is 0 Å². The van der Waals surface area contributed by atoms with Crippen molar-refractivity contribution in [2.45, 2.75) is 46.2 Å². The topological polar surface area (TPSA) is 85.0 Å². The van der Waals surface area contributed by atoms with Crippen molar-refractivity contribution in [2.24, 2.45) is 0 Å². The van der Waals surface area contributed by atoms with Crippen LogP contribution in [0.1, 0.15) is 52.4 Å². The van der Waals surface area contributed by atoms with Gasteiger partial charge in [0.2, 0.25) is 5.91 Å². The Morgan fingerprint density at radius 3 is 2.49 bits per heavy atom. The van der Waals surface area contributed by atoms with Crippen LogP contribution in [0.4, 0.5) is 10.1 Å². The SMILES string of the molecule is CCNCCNC(=O)CN(CC(=O)N(C)N1Cc2ccc(F)cc2C1)c1cc2c(cc1C)CCCC2=O.Cl.Cl. The zero-order chi connectivity index (χ0) is 26.5. The number of fused-ring (bicyclic) bond motifs is 2. The lowest BCUT2D eigenvalue weighted by atomic mass is 9.88. The first-order chi connectivity index (χ1) is 17.8. The van der Waals surface area contributed by atoms with Gasteiger partial charge in [-0.15, -0.1) is 24.8 Å². The minimum absolute atomic E-state index is 0. The van der Waals surface area contributed by atoms with Crippen LogP contribution in [-0.2, 0) is 29.1 Å². The zero-order valence-electron chi connectivity index (χ0n) is 22.7. The summed E-state index contributed by atoms with van der Waals surface area (Å²) in [7, 11) is 1.70. The number of hydrogen-bond donors (Lipinski definition) is 2. The fraction of sp³-hybridized carbons (Fsp3) is 0.464. The molecule has 0 radical (unpaired) electrons. The maximum absolute atomic E-state index is 13.7. The highest BCUT2D eigenvalue weighted by Gasteiger charge is 2.28. The Hall–Kier alpha value is -2.72. The summed E-state index contributed by atoms with van der Waals surface area (Å²) in [5, 5.41) is 9.49. The molecule has 39 heavy (non-hydrogen) atoms. The number of likely N-dealkylation sites (N-methyl/N-ethyl adjacent to an activating group) is 2. The summed E-state index contributed by atoms with van der Waals surface area (Å²) in [5.41, 5.74) is 5.20. The maximum atomic E-state index is 13.7. The zero-order valence-corrected chi connectivity index (χ0v) is 24.4. The first kappa shape index (κ1) is 32.5. The highest BCUT2D eigenvalue weighted by Crippen LogP contribution is 2.30. The molecule has 1 aliphatic carbocycles. The van der Waals surface area contributed by atoms with Crippen LogP contribution in [0.25, 0.3) is 0 Å². The van der Waals surface area contributed by atoms with Crippen LogP contribution in [0.5, 0.6) is 0 Å². The number of hydrazine groups is 1. The predicted octanol–water partition coefficient (Wildman–Crippen LogP) is 3.42. The number of halogens is 3. The standard InChI is InChI=1S/C28H36FN5O3.2ClH/c1-4-30-10-11-31-27(36)17-33(25-14-24-20(12-19(25)2)6-5-7-26(24)35)18-28(37)32(3)34-15-21-8-9-23(29)13-22(21)16-34;;/h8-9,12-14,30H,4-7,10-11,15-18H2,1-3H3,(H,31,36);2*1H. The smallest absolute Gasteiger partial charge is 0.256 e. The maximum Gasteiger partial charge on any atom is 0.256 e. The highest BCUT2D eigenvalue weighted by atomic mass is 35.5. The van der Waals surface area contributed by atoms with Gasteiger partial charge in [-0.25, -0.2) is 9.40 Å². The second-order valence-electron chi connectivity index (χ2n) is 9.79. The van der Waals surface area contributed by atoms with Crippen molar-refractivity contribution in [3.8, 4) is 0 Å². The second-order valence-corrected chi connectivity index (χ2v) is 9.79. The minimum atomic E-state index is -0.293. The molecule has 0 aromatic heterocycles. The van der Waals surface area contributed by atoms with E-state index in [1.54, 1.807) is 23.0 Å². The molecule has 2 aliphatic rings. The summed E-state index contributed by atoms with van der Waals surface area (Å²) in [5.74, 6) is -0.584. The first-order valence-corrected chi connectivity index (χ1v) is 12.9. The minimum Gasteiger partial charge on any atom is -0.353 e. The lowest BCUT2D eigenvalue weighted by Gasteiger charge is -2.32. The Morgan fingerprint density at radius 1 is 1.00 bits per heavy atom.